The summed E-state index contributed by atoms with van der Waals surface area (Å²) < 4.78 is 0. The van der Waals surface area contributed by atoms with E-state index < -0.39 is 0 Å². The summed E-state index contributed by atoms with van der Waals surface area (Å²) >= 11 is 0. The second-order valence-electron chi connectivity index (χ2n) is 4.99. The number of hydrogen-bond donors (Lipinski definition) is 2. The van der Waals surface area contributed by atoms with Crippen molar-refractivity contribution < 1.29 is 0 Å². The molecule has 0 aliphatic carbocycles. The Morgan fingerprint density at radius 1 is 1.42 bits per heavy atom. The van der Waals surface area contributed by atoms with Crippen molar-refractivity contribution in [3.8, 4) is 0 Å². The van der Waals surface area contributed by atoms with Gasteiger partial charge >= 0.3 is 0 Å². The molecular weight excluding hydrogens is 238 g/mol. The largest absolute Gasteiger partial charge is 0.374 e. The van der Waals surface area contributed by atoms with Crippen molar-refractivity contribution in [2.24, 2.45) is 0 Å². The zero-order valence-corrected chi connectivity index (χ0v) is 11.2. The van der Waals surface area contributed by atoms with Crippen LogP contribution >= 0.6 is 0 Å². The first-order valence-electron chi connectivity index (χ1n) is 6.71. The summed E-state index contributed by atoms with van der Waals surface area (Å²) in [5, 5.41) is 10.1. The molecule has 5 heteroatoms. The van der Waals surface area contributed by atoms with E-state index in [9.17, 15) is 0 Å². The van der Waals surface area contributed by atoms with Crippen LogP contribution in [0.25, 0.3) is 0 Å². The third-order valence-corrected chi connectivity index (χ3v) is 3.60. The van der Waals surface area contributed by atoms with E-state index >= 15 is 0 Å². The summed E-state index contributed by atoms with van der Waals surface area (Å²) in [7, 11) is 2.15. The number of hydrogen-bond acceptors (Lipinski definition) is 4. The van der Waals surface area contributed by atoms with Crippen LogP contribution in [0.4, 0.5) is 5.69 Å². The smallest absolute Gasteiger partial charge is 0.137 e. The van der Waals surface area contributed by atoms with Gasteiger partial charge in [0, 0.05) is 38.8 Å². The number of nitrogens with one attached hydrogen (secondary N) is 2. The first-order valence-corrected chi connectivity index (χ1v) is 6.71. The van der Waals surface area contributed by atoms with Gasteiger partial charge in [0.2, 0.25) is 0 Å². The van der Waals surface area contributed by atoms with Gasteiger partial charge in [0.1, 0.15) is 12.2 Å². The third kappa shape index (κ3) is 2.76. The number of aromatic amines is 1. The highest BCUT2D eigenvalue weighted by Gasteiger charge is 2.15. The van der Waals surface area contributed by atoms with Crippen LogP contribution in [0, 0.1) is 0 Å². The Bertz CT molecular complexity index is 535. The van der Waals surface area contributed by atoms with Crippen molar-refractivity contribution >= 4 is 5.69 Å². The molecule has 0 radical (unpaired) electrons. The number of nitrogens with zero attached hydrogens (tertiary/aromatic N) is 3. The van der Waals surface area contributed by atoms with Gasteiger partial charge in [-0.25, -0.2) is 4.98 Å². The molecule has 0 unspecified atom stereocenters. The molecule has 19 heavy (non-hydrogen) atoms. The molecule has 1 aliphatic heterocycles. The van der Waals surface area contributed by atoms with Gasteiger partial charge in [-0.05, 0) is 23.6 Å². The van der Waals surface area contributed by atoms with Crippen LogP contribution in [0.1, 0.15) is 17.0 Å². The number of rotatable bonds is 5. The Balaban J connectivity index is 1.51. The maximum atomic E-state index is 4.10. The first-order chi connectivity index (χ1) is 9.33. The monoisotopic (exact) mass is 257 g/mol. The predicted molar refractivity (Wildman–Crippen MR) is 75.2 cm³/mol. The van der Waals surface area contributed by atoms with Crippen LogP contribution in [-0.4, -0.2) is 35.3 Å². The maximum absolute atomic E-state index is 4.10. The van der Waals surface area contributed by atoms with E-state index in [2.05, 4.69) is 50.6 Å². The SMILES string of the molecule is CN1CCc2cc(CNCCc3ncn[nH]3)ccc21. The Morgan fingerprint density at radius 2 is 2.37 bits per heavy atom. The predicted octanol–water partition coefficient (Wildman–Crippen LogP) is 1.13. The van der Waals surface area contributed by atoms with Gasteiger partial charge < -0.3 is 10.2 Å². The van der Waals surface area contributed by atoms with E-state index in [1.807, 2.05) is 0 Å². The van der Waals surface area contributed by atoms with E-state index in [0.29, 0.717) is 0 Å². The highest BCUT2D eigenvalue weighted by atomic mass is 15.2. The minimum atomic E-state index is 0.883. The summed E-state index contributed by atoms with van der Waals surface area (Å²) in [6.45, 7) is 2.95. The molecule has 100 valence electrons. The van der Waals surface area contributed by atoms with Gasteiger partial charge in [-0.2, -0.15) is 5.10 Å². The summed E-state index contributed by atoms with van der Waals surface area (Å²) in [4.78, 5) is 6.42. The van der Waals surface area contributed by atoms with Crippen LogP contribution in [0.15, 0.2) is 24.5 Å². The van der Waals surface area contributed by atoms with E-state index in [1.165, 1.54) is 16.8 Å². The Morgan fingerprint density at radius 3 is 3.21 bits per heavy atom. The molecule has 2 aromatic rings. The number of H-pyrrole nitrogens is 1. The van der Waals surface area contributed by atoms with Crippen molar-refractivity contribution in [1.82, 2.24) is 20.5 Å². The van der Waals surface area contributed by atoms with Gasteiger partial charge in [-0.3, -0.25) is 5.10 Å². The first kappa shape index (κ1) is 12.2. The molecule has 2 heterocycles. The molecule has 0 atom stereocenters. The lowest BCUT2D eigenvalue weighted by molar-refractivity contribution is 0.671. The molecular formula is C14H19N5. The molecule has 0 fully saturated rings. The van der Waals surface area contributed by atoms with Crippen LogP contribution in [0.2, 0.25) is 0 Å². The minimum absolute atomic E-state index is 0.883. The normalized spacial score (nSPS) is 13.8. The highest BCUT2D eigenvalue weighted by Crippen LogP contribution is 2.27. The Kier molecular flexibility index (Phi) is 3.46. The average Bonchev–Trinajstić information content (AvgIpc) is 3.05. The zero-order chi connectivity index (χ0) is 13.1. The van der Waals surface area contributed by atoms with Crippen molar-refractivity contribution in [2.45, 2.75) is 19.4 Å². The van der Waals surface area contributed by atoms with Gasteiger partial charge in [-0.15, -0.1) is 0 Å². The van der Waals surface area contributed by atoms with Gasteiger partial charge in [-0.1, -0.05) is 12.1 Å². The van der Waals surface area contributed by atoms with Gasteiger partial charge in [0.25, 0.3) is 0 Å². The summed E-state index contributed by atoms with van der Waals surface area (Å²) in [5.74, 6) is 0.933. The van der Waals surface area contributed by atoms with Crippen molar-refractivity contribution in [2.75, 3.05) is 25.0 Å². The number of likely N-dealkylation sites (N-methyl/N-ethyl adjacent to an activating group) is 1. The van der Waals surface area contributed by atoms with Crippen LogP contribution in [-0.2, 0) is 19.4 Å². The van der Waals surface area contributed by atoms with Gasteiger partial charge in [0.05, 0.1) is 0 Å². The van der Waals surface area contributed by atoms with Crippen LogP contribution in [0.5, 0.6) is 0 Å². The van der Waals surface area contributed by atoms with E-state index in [1.54, 1.807) is 6.33 Å². The number of anilines is 1. The minimum Gasteiger partial charge on any atom is -0.374 e. The summed E-state index contributed by atoms with van der Waals surface area (Å²) in [6.07, 6.45) is 3.59. The topological polar surface area (TPSA) is 56.8 Å². The fourth-order valence-electron chi connectivity index (χ4n) is 2.52. The Labute approximate surface area is 113 Å². The molecule has 0 spiro atoms. The molecule has 5 nitrogen and oxygen atoms in total. The third-order valence-electron chi connectivity index (χ3n) is 3.60. The molecule has 2 N–H and O–H groups in total. The molecule has 0 amide bonds. The molecule has 0 bridgehead atoms. The van der Waals surface area contributed by atoms with E-state index in [-0.39, 0.29) is 0 Å². The molecule has 1 aliphatic rings. The summed E-state index contributed by atoms with van der Waals surface area (Å²) in [5.41, 5.74) is 4.20. The second-order valence-corrected chi connectivity index (χ2v) is 4.99. The van der Waals surface area contributed by atoms with E-state index in [4.69, 9.17) is 0 Å². The lowest BCUT2D eigenvalue weighted by atomic mass is 10.1. The number of fused-ring (bicyclic) bond motifs is 1. The lowest BCUT2D eigenvalue weighted by Gasteiger charge is -2.12. The number of aromatic nitrogens is 3. The Hall–Kier alpha value is -1.88. The quantitative estimate of drug-likeness (QED) is 0.788. The van der Waals surface area contributed by atoms with Crippen molar-refractivity contribution in [3.63, 3.8) is 0 Å². The average molecular weight is 257 g/mol. The number of benzene rings is 1. The van der Waals surface area contributed by atoms with E-state index in [0.717, 1.165) is 38.3 Å². The van der Waals surface area contributed by atoms with Crippen molar-refractivity contribution in [1.29, 1.82) is 0 Å². The zero-order valence-electron chi connectivity index (χ0n) is 11.2. The highest BCUT2D eigenvalue weighted by molar-refractivity contribution is 5.58. The van der Waals surface area contributed by atoms with Gasteiger partial charge in [0.15, 0.2) is 0 Å². The fraction of sp³-hybridized carbons (Fsp3) is 0.429. The molecule has 0 saturated heterocycles. The lowest BCUT2D eigenvalue weighted by Crippen LogP contribution is -2.17. The molecule has 1 aromatic carbocycles. The molecule has 3 rings (SSSR count). The maximum Gasteiger partial charge on any atom is 0.137 e. The second kappa shape index (κ2) is 5.40. The fourth-order valence-corrected chi connectivity index (χ4v) is 2.52. The molecule has 1 aromatic heterocycles. The van der Waals surface area contributed by atoms with Crippen LogP contribution < -0.4 is 10.2 Å². The van der Waals surface area contributed by atoms with Crippen molar-refractivity contribution in [3.05, 3.63) is 41.5 Å². The van der Waals surface area contributed by atoms with Crippen LogP contribution in [0.3, 0.4) is 0 Å². The molecule has 0 saturated carbocycles. The summed E-state index contributed by atoms with van der Waals surface area (Å²) in [6, 6.07) is 6.76. The standard InChI is InChI=1S/C14H19N5/c1-19-7-5-12-8-11(2-3-13(12)19)9-15-6-4-14-16-10-17-18-14/h2-3,8,10,15H,4-7,9H2,1H3,(H,16,17,18).